The number of nitrogens with zero attached hydrogens (tertiary/aromatic N) is 3. The van der Waals surface area contributed by atoms with Crippen LogP contribution in [-0.4, -0.2) is 48.3 Å². The van der Waals surface area contributed by atoms with E-state index < -0.39 is 79.4 Å². The minimum Gasteiger partial charge on any atom is -0.384 e. The maximum atomic E-state index is 15.9. The Bertz CT molecular complexity index is 2410. The second-order valence-electron chi connectivity index (χ2n) is 12.2. The van der Waals surface area contributed by atoms with Crippen LogP contribution in [-0.2, 0) is 38.7 Å². The summed E-state index contributed by atoms with van der Waals surface area (Å²) in [6.45, 7) is 1.43. The van der Waals surface area contributed by atoms with E-state index in [-0.39, 0.29) is 47.7 Å². The molecule has 1 heterocycles. The topological polar surface area (TPSA) is 141 Å². The molecular formula is C37H33F6N5O6S. The molecule has 0 aliphatic heterocycles. The van der Waals surface area contributed by atoms with Crippen LogP contribution >= 0.6 is 0 Å². The number of ether oxygens (including phenoxy) is 1. The van der Waals surface area contributed by atoms with Crippen molar-refractivity contribution in [1.29, 1.82) is 0 Å². The SMILES string of the molecule is CCCCc1nn(-c2cc(NC(=O)CCOC)ccc2C(F)(F)F)c(=O)n1Cc1ccc(-c2ccccc2S(=O)(=O)NC(=O)c2cc(F)ccc2F)cc1F. The zero-order valence-electron chi connectivity index (χ0n) is 29.2. The molecule has 0 spiro atoms. The lowest BCUT2D eigenvalue weighted by molar-refractivity contribution is -0.137. The largest absolute Gasteiger partial charge is 0.418 e. The fourth-order valence-corrected chi connectivity index (χ4v) is 6.77. The van der Waals surface area contributed by atoms with Crippen molar-refractivity contribution in [1.82, 2.24) is 19.1 Å². The molecule has 0 aliphatic carbocycles. The quantitative estimate of drug-likeness (QED) is 0.121. The van der Waals surface area contributed by atoms with E-state index in [0.717, 1.165) is 34.9 Å². The molecule has 290 valence electrons. The van der Waals surface area contributed by atoms with Gasteiger partial charge in [-0.2, -0.15) is 17.9 Å². The minimum atomic E-state index is -4.93. The molecule has 4 aromatic carbocycles. The van der Waals surface area contributed by atoms with Crippen LogP contribution in [0.3, 0.4) is 0 Å². The number of hydrogen-bond donors (Lipinski definition) is 2. The highest BCUT2D eigenvalue weighted by Crippen LogP contribution is 2.35. The average molecular weight is 790 g/mol. The number of aryl methyl sites for hydroxylation is 1. The summed E-state index contributed by atoms with van der Waals surface area (Å²) in [5.41, 5.74) is -3.96. The van der Waals surface area contributed by atoms with Crippen molar-refractivity contribution in [3.8, 4) is 16.8 Å². The number of nitrogens with one attached hydrogen (secondary N) is 2. The fourth-order valence-electron chi connectivity index (χ4n) is 5.57. The van der Waals surface area contributed by atoms with E-state index in [0.29, 0.717) is 35.7 Å². The Morgan fingerprint density at radius 3 is 2.36 bits per heavy atom. The molecule has 0 saturated heterocycles. The molecule has 0 saturated carbocycles. The fraction of sp³-hybridized carbons (Fsp3) is 0.243. The second kappa shape index (κ2) is 16.7. The van der Waals surface area contributed by atoms with Gasteiger partial charge in [-0.3, -0.25) is 14.2 Å². The highest BCUT2D eigenvalue weighted by atomic mass is 32.2. The molecule has 2 N–H and O–H groups in total. The first-order chi connectivity index (χ1) is 26.0. The zero-order valence-corrected chi connectivity index (χ0v) is 30.0. The number of benzene rings is 4. The normalized spacial score (nSPS) is 11.8. The summed E-state index contributed by atoms with van der Waals surface area (Å²) in [5, 5.41) is 6.68. The summed E-state index contributed by atoms with van der Waals surface area (Å²) < 4.78 is 121. The van der Waals surface area contributed by atoms with E-state index >= 15 is 4.39 Å². The number of sulfonamides is 1. The van der Waals surface area contributed by atoms with E-state index in [9.17, 15) is 44.8 Å². The van der Waals surface area contributed by atoms with Crippen LogP contribution in [0.5, 0.6) is 0 Å². The van der Waals surface area contributed by atoms with Gasteiger partial charge in [0.15, 0.2) is 0 Å². The number of carbonyl (C=O) groups excluding carboxylic acids is 2. The van der Waals surface area contributed by atoms with Crippen molar-refractivity contribution in [3.05, 3.63) is 129 Å². The first-order valence-corrected chi connectivity index (χ1v) is 18.1. The molecule has 11 nitrogen and oxygen atoms in total. The van der Waals surface area contributed by atoms with Crippen LogP contribution in [0.1, 0.15) is 53.5 Å². The highest BCUT2D eigenvalue weighted by Gasteiger charge is 2.35. The Morgan fingerprint density at radius 2 is 1.67 bits per heavy atom. The van der Waals surface area contributed by atoms with Crippen LogP contribution in [0.2, 0.25) is 0 Å². The number of amides is 2. The molecule has 0 bridgehead atoms. The van der Waals surface area contributed by atoms with E-state index in [1.165, 1.54) is 37.4 Å². The van der Waals surface area contributed by atoms with Crippen LogP contribution in [0.15, 0.2) is 88.6 Å². The lowest BCUT2D eigenvalue weighted by Crippen LogP contribution is -2.31. The molecule has 2 amide bonds. The number of halogens is 6. The number of methoxy groups -OCH3 is 1. The number of alkyl halides is 3. The Balaban J connectivity index is 1.50. The molecule has 18 heteroatoms. The third-order valence-corrected chi connectivity index (χ3v) is 9.70. The van der Waals surface area contributed by atoms with Gasteiger partial charge in [0.05, 0.1) is 41.3 Å². The summed E-state index contributed by atoms with van der Waals surface area (Å²) in [6.07, 6.45) is -3.76. The van der Waals surface area contributed by atoms with E-state index in [1.807, 2.05) is 6.92 Å². The standard InChI is InChI=1S/C37H33F6N5O6S/c1-3-4-9-33-45-48(31-20-25(44-34(49)16-17-54-2)13-14-28(31)37(41,42)43)36(51)47(33)21-23-11-10-22(18-30(23)40)26-7-5-6-8-32(26)55(52,53)46-35(50)27-19-24(38)12-15-29(27)39/h5-8,10-15,18-20H,3-4,9,16-17,21H2,1-2H3,(H,44,49)(H,46,50). The van der Waals surface area contributed by atoms with Crippen molar-refractivity contribution >= 4 is 27.5 Å². The minimum absolute atomic E-state index is 0.0139. The molecule has 0 fully saturated rings. The van der Waals surface area contributed by atoms with E-state index in [1.54, 1.807) is 4.72 Å². The van der Waals surface area contributed by atoms with Gasteiger partial charge in [-0.25, -0.2) is 31.1 Å². The van der Waals surface area contributed by atoms with Gasteiger partial charge in [0.2, 0.25) is 5.91 Å². The zero-order chi connectivity index (χ0) is 40.1. The van der Waals surface area contributed by atoms with Crippen molar-refractivity contribution < 1.29 is 49.1 Å². The van der Waals surface area contributed by atoms with Crippen molar-refractivity contribution in [2.45, 2.75) is 50.2 Å². The summed E-state index contributed by atoms with van der Waals surface area (Å²) >= 11 is 0. The molecule has 0 radical (unpaired) electrons. The Labute approximate surface area is 310 Å². The van der Waals surface area contributed by atoms with Crippen molar-refractivity contribution in [2.75, 3.05) is 19.0 Å². The van der Waals surface area contributed by atoms with Crippen LogP contribution in [0.25, 0.3) is 16.8 Å². The Kier molecular flexibility index (Phi) is 12.3. The molecule has 5 rings (SSSR count). The highest BCUT2D eigenvalue weighted by molar-refractivity contribution is 7.90. The Hall–Kier alpha value is -5.75. The van der Waals surface area contributed by atoms with Gasteiger partial charge in [0, 0.05) is 30.3 Å². The van der Waals surface area contributed by atoms with Crippen LogP contribution < -0.4 is 15.7 Å². The molecule has 1 aromatic heterocycles. The Morgan fingerprint density at radius 1 is 0.927 bits per heavy atom. The number of anilines is 1. The van der Waals surface area contributed by atoms with Gasteiger partial charge >= 0.3 is 11.9 Å². The van der Waals surface area contributed by atoms with Gasteiger partial charge in [-0.15, -0.1) is 5.10 Å². The first-order valence-electron chi connectivity index (χ1n) is 16.6. The van der Waals surface area contributed by atoms with E-state index in [2.05, 4.69) is 10.4 Å². The maximum Gasteiger partial charge on any atom is 0.418 e. The first kappa shape index (κ1) is 40.4. The molecular weight excluding hydrogens is 756 g/mol. The number of hydrogen-bond acceptors (Lipinski definition) is 7. The lowest BCUT2D eigenvalue weighted by atomic mass is 10.0. The average Bonchev–Trinajstić information content (AvgIpc) is 3.44. The number of carbonyl (C=O) groups is 2. The van der Waals surface area contributed by atoms with Crippen molar-refractivity contribution in [3.63, 3.8) is 0 Å². The summed E-state index contributed by atoms with van der Waals surface area (Å²) in [7, 11) is -3.36. The summed E-state index contributed by atoms with van der Waals surface area (Å²) in [6, 6.07) is 13.4. The third kappa shape index (κ3) is 9.32. The predicted molar refractivity (Wildman–Crippen MR) is 189 cm³/mol. The molecule has 0 atom stereocenters. The van der Waals surface area contributed by atoms with Crippen LogP contribution in [0.4, 0.5) is 32.0 Å². The van der Waals surface area contributed by atoms with Gasteiger partial charge in [0.1, 0.15) is 23.3 Å². The number of aromatic nitrogens is 3. The van der Waals surface area contributed by atoms with Gasteiger partial charge in [-0.1, -0.05) is 43.7 Å². The molecule has 0 aliphatic rings. The lowest BCUT2D eigenvalue weighted by Gasteiger charge is -2.14. The van der Waals surface area contributed by atoms with E-state index in [4.69, 9.17) is 4.74 Å². The van der Waals surface area contributed by atoms with Gasteiger partial charge < -0.3 is 10.1 Å². The maximum absolute atomic E-state index is 15.9. The van der Waals surface area contributed by atoms with Crippen LogP contribution in [0, 0.1) is 17.5 Å². The number of unbranched alkanes of at least 4 members (excludes halogenated alkanes) is 1. The second-order valence-corrected chi connectivity index (χ2v) is 13.8. The molecule has 5 aromatic rings. The van der Waals surface area contributed by atoms with Crippen molar-refractivity contribution in [2.24, 2.45) is 0 Å². The van der Waals surface area contributed by atoms with Gasteiger partial charge in [-0.05, 0) is 60.5 Å². The summed E-state index contributed by atoms with van der Waals surface area (Å²) in [5.74, 6) is -5.00. The number of rotatable bonds is 14. The summed E-state index contributed by atoms with van der Waals surface area (Å²) in [4.78, 5) is 38.2. The van der Waals surface area contributed by atoms with Gasteiger partial charge in [0.25, 0.3) is 15.9 Å². The predicted octanol–water partition coefficient (Wildman–Crippen LogP) is 6.62. The third-order valence-electron chi connectivity index (χ3n) is 8.31. The monoisotopic (exact) mass is 789 g/mol. The molecule has 0 unspecified atom stereocenters. The smallest absolute Gasteiger partial charge is 0.384 e. The molecule has 55 heavy (non-hydrogen) atoms.